The Kier molecular flexibility index (Phi) is 3.64. The first-order chi connectivity index (χ1) is 10.3. The Bertz CT molecular complexity index is 512. The first-order valence-electron chi connectivity index (χ1n) is 8.50. The minimum atomic E-state index is 0.545. The molecule has 3 heteroatoms. The summed E-state index contributed by atoms with van der Waals surface area (Å²) in [7, 11) is 1.76. The predicted molar refractivity (Wildman–Crippen MR) is 84.8 cm³/mol. The number of nitrogens with one attached hydrogen (secondary N) is 1. The van der Waals surface area contributed by atoms with E-state index in [2.05, 4.69) is 28.4 Å². The topological polar surface area (TPSA) is 24.5 Å². The molecule has 1 saturated heterocycles. The van der Waals surface area contributed by atoms with E-state index in [0.717, 1.165) is 11.8 Å². The van der Waals surface area contributed by atoms with Crippen molar-refractivity contribution < 1.29 is 4.74 Å². The number of fused-ring (bicyclic) bond motifs is 1. The van der Waals surface area contributed by atoms with E-state index in [-0.39, 0.29) is 0 Å². The number of rotatable bonds is 4. The van der Waals surface area contributed by atoms with E-state index in [9.17, 15) is 0 Å². The van der Waals surface area contributed by atoms with Gasteiger partial charge in [0.05, 0.1) is 7.11 Å². The zero-order valence-corrected chi connectivity index (χ0v) is 13.0. The minimum absolute atomic E-state index is 0.545. The van der Waals surface area contributed by atoms with Gasteiger partial charge >= 0.3 is 0 Å². The Labute approximate surface area is 127 Å². The van der Waals surface area contributed by atoms with Crippen molar-refractivity contribution in [2.24, 2.45) is 0 Å². The zero-order chi connectivity index (χ0) is 14.2. The van der Waals surface area contributed by atoms with Crippen LogP contribution in [0.2, 0.25) is 0 Å². The largest absolute Gasteiger partial charge is 0.497 e. The van der Waals surface area contributed by atoms with Crippen LogP contribution in [0.1, 0.15) is 49.3 Å². The van der Waals surface area contributed by atoms with E-state index in [4.69, 9.17) is 4.74 Å². The summed E-state index contributed by atoms with van der Waals surface area (Å²) in [5.41, 5.74) is 2.99. The van der Waals surface area contributed by atoms with Crippen LogP contribution >= 0.6 is 0 Å². The second kappa shape index (κ2) is 5.62. The number of methoxy groups -OCH3 is 1. The molecule has 0 amide bonds. The molecule has 114 valence electrons. The van der Waals surface area contributed by atoms with Crippen LogP contribution in [0.3, 0.4) is 0 Å². The highest BCUT2D eigenvalue weighted by Crippen LogP contribution is 2.34. The van der Waals surface area contributed by atoms with Crippen LogP contribution in [0.15, 0.2) is 18.2 Å². The Morgan fingerprint density at radius 3 is 2.90 bits per heavy atom. The van der Waals surface area contributed by atoms with Crippen molar-refractivity contribution in [3.63, 3.8) is 0 Å². The summed E-state index contributed by atoms with van der Waals surface area (Å²) in [4.78, 5) is 2.69. The lowest BCUT2D eigenvalue weighted by Gasteiger charge is -2.29. The molecule has 21 heavy (non-hydrogen) atoms. The molecule has 0 radical (unpaired) electrons. The van der Waals surface area contributed by atoms with Crippen molar-refractivity contribution in [1.82, 2.24) is 10.2 Å². The van der Waals surface area contributed by atoms with Crippen LogP contribution in [0.5, 0.6) is 5.75 Å². The minimum Gasteiger partial charge on any atom is -0.497 e. The Morgan fingerprint density at radius 2 is 2.10 bits per heavy atom. The van der Waals surface area contributed by atoms with Gasteiger partial charge in [-0.3, -0.25) is 4.90 Å². The van der Waals surface area contributed by atoms with Crippen molar-refractivity contribution in [1.29, 1.82) is 0 Å². The number of hydrogen-bond acceptors (Lipinski definition) is 3. The predicted octanol–water partition coefficient (Wildman–Crippen LogP) is 2.90. The van der Waals surface area contributed by atoms with Crippen molar-refractivity contribution >= 4 is 0 Å². The van der Waals surface area contributed by atoms with Crippen LogP contribution in [0.25, 0.3) is 0 Å². The fraction of sp³-hybridized carbons (Fsp3) is 0.667. The van der Waals surface area contributed by atoms with E-state index in [1.165, 1.54) is 62.7 Å². The van der Waals surface area contributed by atoms with Gasteiger partial charge in [0.1, 0.15) is 5.75 Å². The van der Waals surface area contributed by atoms with E-state index >= 15 is 0 Å². The van der Waals surface area contributed by atoms with Crippen LogP contribution in [0.4, 0.5) is 0 Å². The first-order valence-corrected chi connectivity index (χ1v) is 8.50. The highest BCUT2D eigenvalue weighted by Gasteiger charge is 2.35. The summed E-state index contributed by atoms with van der Waals surface area (Å²) in [5, 5.41) is 3.94. The molecule has 1 saturated carbocycles. The summed E-state index contributed by atoms with van der Waals surface area (Å²) in [6.07, 6.45) is 7.94. The van der Waals surface area contributed by atoms with Gasteiger partial charge in [-0.25, -0.2) is 0 Å². The Morgan fingerprint density at radius 1 is 1.19 bits per heavy atom. The van der Waals surface area contributed by atoms with E-state index in [1.807, 2.05) is 0 Å². The van der Waals surface area contributed by atoms with Gasteiger partial charge in [-0.2, -0.15) is 0 Å². The van der Waals surface area contributed by atoms with Crippen molar-refractivity contribution in [3.05, 3.63) is 29.3 Å². The molecular formula is C18H26N2O. The number of ether oxygens (including phenoxy) is 1. The zero-order valence-electron chi connectivity index (χ0n) is 13.0. The molecule has 1 aromatic carbocycles. The standard InChI is InChI=1S/C18H26N2O/c1-21-16-7-8-17-13(11-16)3-2-4-18(17)19-14-9-10-20(12-14)15-5-6-15/h7-8,11,14-15,18-19H,2-6,9-10,12H2,1H3. The molecule has 1 aromatic rings. The molecule has 1 aliphatic heterocycles. The quantitative estimate of drug-likeness (QED) is 0.921. The monoisotopic (exact) mass is 286 g/mol. The van der Waals surface area contributed by atoms with Gasteiger partial charge in [0, 0.05) is 31.2 Å². The highest BCUT2D eigenvalue weighted by atomic mass is 16.5. The fourth-order valence-electron chi connectivity index (χ4n) is 4.07. The van der Waals surface area contributed by atoms with E-state index in [0.29, 0.717) is 12.1 Å². The van der Waals surface area contributed by atoms with Crippen molar-refractivity contribution in [2.45, 2.75) is 56.7 Å². The number of nitrogens with zero attached hydrogens (tertiary/aromatic N) is 1. The summed E-state index contributed by atoms with van der Waals surface area (Å²) in [6, 6.07) is 8.77. The number of hydrogen-bond donors (Lipinski definition) is 1. The fourth-order valence-corrected chi connectivity index (χ4v) is 4.07. The maximum atomic E-state index is 5.37. The van der Waals surface area contributed by atoms with Gasteiger partial charge < -0.3 is 10.1 Å². The lowest BCUT2D eigenvalue weighted by atomic mass is 9.87. The number of aryl methyl sites for hydroxylation is 1. The molecule has 0 spiro atoms. The third-order valence-electron chi connectivity index (χ3n) is 5.38. The van der Waals surface area contributed by atoms with Gasteiger partial charge in [0.2, 0.25) is 0 Å². The van der Waals surface area contributed by atoms with Gasteiger partial charge in [-0.15, -0.1) is 0 Å². The van der Waals surface area contributed by atoms with E-state index < -0.39 is 0 Å². The molecule has 3 aliphatic rings. The normalized spacial score (nSPS) is 29.4. The molecule has 2 aliphatic carbocycles. The van der Waals surface area contributed by atoms with Crippen LogP contribution in [-0.2, 0) is 6.42 Å². The molecule has 4 rings (SSSR count). The third-order valence-corrected chi connectivity index (χ3v) is 5.38. The Hall–Kier alpha value is -1.06. The lowest BCUT2D eigenvalue weighted by molar-refractivity contribution is 0.308. The van der Waals surface area contributed by atoms with Crippen LogP contribution in [0, 0.1) is 0 Å². The molecule has 3 nitrogen and oxygen atoms in total. The number of benzene rings is 1. The third kappa shape index (κ3) is 2.82. The van der Waals surface area contributed by atoms with Gasteiger partial charge in [-0.1, -0.05) is 6.07 Å². The Balaban J connectivity index is 1.44. The maximum absolute atomic E-state index is 5.37. The number of likely N-dealkylation sites (tertiary alicyclic amines) is 1. The highest BCUT2D eigenvalue weighted by molar-refractivity contribution is 5.39. The summed E-state index contributed by atoms with van der Waals surface area (Å²) in [6.45, 7) is 2.55. The molecular weight excluding hydrogens is 260 g/mol. The molecule has 1 N–H and O–H groups in total. The van der Waals surface area contributed by atoms with Crippen LogP contribution < -0.4 is 10.1 Å². The lowest BCUT2D eigenvalue weighted by Crippen LogP contribution is -2.37. The van der Waals surface area contributed by atoms with Gasteiger partial charge in [0.15, 0.2) is 0 Å². The molecule has 1 heterocycles. The average molecular weight is 286 g/mol. The smallest absolute Gasteiger partial charge is 0.119 e. The first kappa shape index (κ1) is 13.6. The molecule has 2 fully saturated rings. The second-order valence-electron chi connectivity index (χ2n) is 6.89. The van der Waals surface area contributed by atoms with Crippen molar-refractivity contribution in [3.8, 4) is 5.75 Å². The summed E-state index contributed by atoms with van der Waals surface area (Å²) < 4.78 is 5.37. The van der Waals surface area contributed by atoms with Crippen molar-refractivity contribution in [2.75, 3.05) is 20.2 Å². The SMILES string of the molecule is COc1ccc2c(c1)CCCC2NC1CCN(C2CC2)C1. The summed E-state index contributed by atoms with van der Waals surface area (Å²) in [5.74, 6) is 0.996. The molecule has 0 bridgehead atoms. The molecule has 2 unspecified atom stereocenters. The second-order valence-corrected chi connectivity index (χ2v) is 6.89. The van der Waals surface area contributed by atoms with Crippen LogP contribution in [-0.4, -0.2) is 37.2 Å². The molecule has 0 aromatic heterocycles. The molecule has 2 atom stereocenters. The summed E-state index contributed by atoms with van der Waals surface area (Å²) >= 11 is 0. The maximum Gasteiger partial charge on any atom is 0.119 e. The van der Waals surface area contributed by atoms with E-state index in [1.54, 1.807) is 7.11 Å². The average Bonchev–Trinajstić information content (AvgIpc) is 3.27. The van der Waals surface area contributed by atoms with Gasteiger partial charge in [-0.05, 0) is 61.8 Å². The van der Waals surface area contributed by atoms with Gasteiger partial charge in [0.25, 0.3) is 0 Å².